The van der Waals surface area contributed by atoms with Crippen molar-refractivity contribution in [1.82, 2.24) is 5.32 Å². The van der Waals surface area contributed by atoms with E-state index in [0.29, 0.717) is 6.61 Å². The van der Waals surface area contributed by atoms with Crippen LogP contribution in [0.5, 0.6) is 5.75 Å². The zero-order valence-corrected chi connectivity index (χ0v) is 15.3. The van der Waals surface area contributed by atoms with E-state index in [1.807, 2.05) is 18.2 Å². The van der Waals surface area contributed by atoms with Crippen LogP contribution in [0.25, 0.3) is 0 Å². The summed E-state index contributed by atoms with van der Waals surface area (Å²) in [6, 6.07) is 14.2. The largest absolute Gasteiger partial charge is 0.489 e. The highest BCUT2D eigenvalue weighted by molar-refractivity contribution is 6.30. The number of unbranched alkanes of at least 4 members (excludes halogenated alkanes) is 1. The lowest BCUT2D eigenvalue weighted by Crippen LogP contribution is -2.15. The maximum absolute atomic E-state index is 6.11. The molecule has 2 aromatic carbocycles. The normalized spacial score (nSPS) is 10.2. The van der Waals surface area contributed by atoms with E-state index in [1.165, 1.54) is 24.0 Å². The minimum absolute atomic E-state index is 0. The molecule has 2 nitrogen and oxygen atoms in total. The van der Waals surface area contributed by atoms with Gasteiger partial charge in [0.1, 0.15) is 12.4 Å². The van der Waals surface area contributed by atoms with Crippen molar-refractivity contribution < 1.29 is 4.74 Å². The summed E-state index contributed by atoms with van der Waals surface area (Å²) in [6.07, 6.45) is 2.37. The fourth-order valence-corrected chi connectivity index (χ4v) is 2.39. The van der Waals surface area contributed by atoms with Gasteiger partial charge in [0.05, 0.1) is 0 Å². The van der Waals surface area contributed by atoms with E-state index in [0.717, 1.165) is 29.4 Å². The Morgan fingerprint density at radius 1 is 1.09 bits per heavy atom. The second-order valence-corrected chi connectivity index (χ2v) is 5.99. The molecule has 0 fully saturated rings. The van der Waals surface area contributed by atoms with Crippen LogP contribution in [0.1, 0.15) is 36.5 Å². The molecular formula is C19H25Cl2NO. The van der Waals surface area contributed by atoms with Crippen molar-refractivity contribution in [3.8, 4) is 5.75 Å². The third kappa shape index (κ3) is 6.82. The Bertz CT molecular complexity index is 584. The Morgan fingerprint density at radius 3 is 2.52 bits per heavy atom. The Kier molecular flexibility index (Phi) is 9.08. The molecule has 23 heavy (non-hydrogen) atoms. The molecule has 2 rings (SSSR count). The molecule has 0 aromatic heterocycles. The predicted molar refractivity (Wildman–Crippen MR) is 101 cm³/mol. The monoisotopic (exact) mass is 353 g/mol. The van der Waals surface area contributed by atoms with Crippen LogP contribution in [0.3, 0.4) is 0 Å². The van der Waals surface area contributed by atoms with E-state index in [9.17, 15) is 0 Å². The van der Waals surface area contributed by atoms with Crippen molar-refractivity contribution in [2.75, 3.05) is 6.54 Å². The number of nitrogens with one attached hydrogen (secondary N) is 1. The molecule has 0 saturated heterocycles. The smallest absolute Gasteiger partial charge is 0.124 e. The molecule has 0 amide bonds. The van der Waals surface area contributed by atoms with Gasteiger partial charge in [-0.15, -0.1) is 12.4 Å². The third-order valence-corrected chi connectivity index (χ3v) is 3.80. The Balaban J connectivity index is 0.00000264. The number of halogens is 2. The van der Waals surface area contributed by atoms with Crippen molar-refractivity contribution in [3.05, 3.63) is 64.2 Å². The first-order valence-electron chi connectivity index (χ1n) is 7.86. The molecule has 0 radical (unpaired) electrons. The summed E-state index contributed by atoms with van der Waals surface area (Å²) in [4.78, 5) is 0. The standard InChI is InChI=1S/C19H24ClNO.ClH/c1-3-4-11-21-13-17-12-18(20)9-10-19(17)22-14-16-7-5-15(2)6-8-16;/h5-10,12,21H,3-4,11,13-14H2,1-2H3;1H. The zero-order valence-electron chi connectivity index (χ0n) is 13.8. The molecule has 0 atom stereocenters. The van der Waals surface area contributed by atoms with Gasteiger partial charge in [0.15, 0.2) is 0 Å². The van der Waals surface area contributed by atoms with Crippen LogP contribution in [0, 0.1) is 6.92 Å². The summed E-state index contributed by atoms with van der Waals surface area (Å²) in [7, 11) is 0. The van der Waals surface area contributed by atoms with Crippen LogP contribution < -0.4 is 10.1 Å². The highest BCUT2D eigenvalue weighted by Crippen LogP contribution is 2.24. The van der Waals surface area contributed by atoms with E-state index < -0.39 is 0 Å². The van der Waals surface area contributed by atoms with E-state index in [4.69, 9.17) is 16.3 Å². The number of benzene rings is 2. The van der Waals surface area contributed by atoms with Gasteiger partial charge < -0.3 is 10.1 Å². The van der Waals surface area contributed by atoms with Gasteiger partial charge in [-0.25, -0.2) is 0 Å². The van der Waals surface area contributed by atoms with Crippen LogP contribution in [-0.2, 0) is 13.2 Å². The Hall–Kier alpha value is -1.22. The maximum Gasteiger partial charge on any atom is 0.124 e. The van der Waals surface area contributed by atoms with Gasteiger partial charge in [-0.2, -0.15) is 0 Å². The lowest BCUT2D eigenvalue weighted by Gasteiger charge is -2.13. The lowest BCUT2D eigenvalue weighted by molar-refractivity contribution is 0.302. The zero-order chi connectivity index (χ0) is 15.8. The van der Waals surface area contributed by atoms with Gasteiger partial charge in [-0.1, -0.05) is 54.8 Å². The first-order valence-corrected chi connectivity index (χ1v) is 8.24. The van der Waals surface area contributed by atoms with E-state index in [1.54, 1.807) is 0 Å². The van der Waals surface area contributed by atoms with E-state index in [-0.39, 0.29) is 12.4 Å². The van der Waals surface area contributed by atoms with Gasteiger partial charge in [0, 0.05) is 17.1 Å². The summed E-state index contributed by atoms with van der Waals surface area (Å²) in [6.45, 7) is 6.65. The molecule has 0 bridgehead atoms. The Labute approximate surface area is 150 Å². The van der Waals surface area contributed by atoms with Crippen molar-refractivity contribution in [3.63, 3.8) is 0 Å². The molecule has 126 valence electrons. The second kappa shape index (κ2) is 10.5. The first kappa shape index (κ1) is 19.8. The Morgan fingerprint density at radius 2 is 1.83 bits per heavy atom. The van der Waals surface area contributed by atoms with Crippen molar-refractivity contribution in [2.24, 2.45) is 0 Å². The predicted octanol–water partition coefficient (Wildman–Crippen LogP) is 5.54. The maximum atomic E-state index is 6.11. The highest BCUT2D eigenvalue weighted by atomic mass is 35.5. The minimum Gasteiger partial charge on any atom is -0.489 e. The van der Waals surface area contributed by atoms with Gasteiger partial charge >= 0.3 is 0 Å². The average molecular weight is 354 g/mol. The summed E-state index contributed by atoms with van der Waals surface area (Å²) >= 11 is 6.11. The molecule has 0 aliphatic heterocycles. The number of hydrogen-bond donors (Lipinski definition) is 1. The van der Waals surface area contributed by atoms with Crippen molar-refractivity contribution in [2.45, 2.75) is 39.8 Å². The van der Waals surface area contributed by atoms with Crippen LogP contribution >= 0.6 is 24.0 Å². The molecular weight excluding hydrogens is 329 g/mol. The summed E-state index contributed by atoms with van der Waals surface area (Å²) in [5, 5.41) is 4.18. The topological polar surface area (TPSA) is 21.3 Å². The molecule has 2 aromatic rings. The van der Waals surface area contributed by atoms with Crippen LogP contribution in [0.15, 0.2) is 42.5 Å². The fourth-order valence-electron chi connectivity index (χ4n) is 2.20. The van der Waals surface area contributed by atoms with Gasteiger partial charge in [-0.3, -0.25) is 0 Å². The molecule has 1 N–H and O–H groups in total. The number of ether oxygens (including phenoxy) is 1. The fraction of sp³-hybridized carbons (Fsp3) is 0.368. The minimum atomic E-state index is 0. The van der Waals surface area contributed by atoms with Crippen LogP contribution in [0.4, 0.5) is 0 Å². The first-order chi connectivity index (χ1) is 10.7. The molecule has 4 heteroatoms. The highest BCUT2D eigenvalue weighted by Gasteiger charge is 2.05. The molecule has 0 aliphatic rings. The number of rotatable bonds is 8. The molecule has 0 saturated carbocycles. The van der Waals surface area contributed by atoms with Gasteiger partial charge in [0.2, 0.25) is 0 Å². The van der Waals surface area contributed by atoms with Crippen LogP contribution in [-0.4, -0.2) is 6.54 Å². The molecule has 0 spiro atoms. The molecule has 0 heterocycles. The number of aryl methyl sites for hydroxylation is 1. The van der Waals surface area contributed by atoms with Gasteiger partial charge in [0.25, 0.3) is 0 Å². The SMILES string of the molecule is CCCCNCc1cc(Cl)ccc1OCc1ccc(C)cc1.Cl. The number of hydrogen-bond acceptors (Lipinski definition) is 2. The lowest BCUT2D eigenvalue weighted by atomic mass is 10.1. The van der Waals surface area contributed by atoms with Crippen molar-refractivity contribution in [1.29, 1.82) is 0 Å². The van der Waals surface area contributed by atoms with E-state index >= 15 is 0 Å². The summed E-state index contributed by atoms with van der Waals surface area (Å²) in [5.41, 5.74) is 3.54. The second-order valence-electron chi connectivity index (χ2n) is 5.56. The molecule has 0 aliphatic carbocycles. The third-order valence-electron chi connectivity index (χ3n) is 3.56. The van der Waals surface area contributed by atoms with E-state index in [2.05, 4.69) is 43.4 Å². The van der Waals surface area contributed by atoms with Crippen molar-refractivity contribution >= 4 is 24.0 Å². The molecule has 0 unspecified atom stereocenters. The summed E-state index contributed by atoms with van der Waals surface area (Å²) in [5.74, 6) is 0.897. The van der Waals surface area contributed by atoms with Gasteiger partial charge in [-0.05, 0) is 43.7 Å². The van der Waals surface area contributed by atoms with Crippen LogP contribution in [0.2, 0.25) is 5.02 Å². The average Bonchev–Trinajstić information content (AvgIpc) is 2.52. The summed E-state index contributed by atoms with van der Waals surface area (Å²) < 4.78 is 5.98. The quantitative estimate of drug-likeness (QED) is 0.629.